The smallest absolute Gasteiger partial charge is 0.337 e. The number of hydrazone groups is 1. The number of benzene rings is 1. The van der Waals surface area contributed by atoms with Gasteiger partial charge in [-0.1, -0.05) is 0 Å². The summed E-state index contributed by atoms with van der Waals surface area (Å²) < 4.78 is 43.5. The maximum atomic E-state index is 14.5. The summed E-state index contributed by atoms with van der Waals surface area (Å²) in [5.74, 6) is -1.57. The van der Waals surface area contributed by atoms with Crippen molar-refractivity contribution >= 4 is 18.2 Å². The Morgan fingerprint density at radius 2 is 1.77 bits per heavy atom. The van der Waals surface area contributed by atoms with E-state index in [0.717, 1.165) is 12.3 Å². The Labute approximate surface area is 199 Å². The van der Waals surface area contributed by atoms with Crippen molar-refractivity contribution < 1.29 is 18.0 Å². The number of rotatable bonds is 3. The zero-order valence-electron chi connectivity index (χ0n) is 19.2. The number of aryl methyl sites for hydroxylation is 2. The van der Waals surface area contributed by atoms with Crippen molar-refractivity contribution in [2.24, 2.45) is 12.1 Å². The van der Waals surface area contributed by atoms with E-state index in [9.17, 15) is 18.0 Å². The minimum atomic E-state index is -0.701. The molecule has 1 atom stereocenters. The molecule has 35 heavy (non-hydrogen) atoms. The first-order valence-electron chi connectivity index (χ1n) is 11.1. The lowest BCUT2D eigenvalue weighted by Crippen LogP contribution is -2.52. The van der Waals surface area contributed by atoms with Crippen LogP contribution in [-0.4, -0.2) is 68.1 Å². The molecule has 1 aromatic carbocycles. The van der Waals surface area contributed by atoms with Crippen molar-refractivity contribution in [1.82, 2.24) is 29.7 Å². The van der Waals surface area contributed by atoms with Crippen molar-refractivity contribution in [3.8, 4) is 11.3 Å². The van der Waals surface area contributed by atoms with Gasteiger partial charge in [0.2, 0.25) is 5.95 Å². The number of piperazine rings is 1. The standard InChI is InChI=1S/C23H23F3N8O/c1-14-18(13-31(2)30-14)21-19(26)12-27-22(29-21)32-5-7-33(8-6-32)23(35)34-20(3-4-28-34)15-9-16(24)11-17(25)10-15/h4,9-13,20H,3,5-8H2,1-2H3/t20-/m0/s1. The summed E-state index contributed by atoms with van der Waals surface area (Å²) in [6.45, 7) is 3.36. The summed E-state index contributed by atoms with van der Waals surface area (Å²) in [5.41, 5.74) is 1.78. The monoisotopic (exact) mass is 484 g/mol. The van der Waals surface area contributed by atoms with Gasteiger partial charge in [0.15, 0.2) is 5.82 Å². The predicted octanol–water partition coefficient (Wildman–Crippen LogP) is 3.28. The van der Waals surface area contributed by atoms with Crippen LogP contribution < -0.4 is 4.90 Å². The van der Waals surface area contributed by atoms with Gasteiger partial charge in [-0.05, 0) is 24.6 Å². The molecule has 9 nitrogen and oxygen atoms in total. The maximum Gasteiger partial charge on any atom is 0.341 e. The fraction of sp³-hybridized carbons (Fsp3) is 0.348. The number of nitrogens with zero attached hydrogens (tertiary/aromatic N) is 8. The molecule has 0 aliphatic carbocycles. The van der Waals surface area contributed by atoms with E-state index >= 15 is 0 Å². The van der Waals surface area contributed by atoms with E-state index in [1.165, 1.54) is 17.1 Å². The number of aromatic nitrogens is 4. The molecule has 12 heteroatoms. The van der Waals surface area contributed by atoms with Crippen molar-refractivity contribution in [1.29, 1.82) is 0 Å². The summed E-state index contributed by atoms with van der Waals surface area (Å²) >= 11 is 0. The van der Waals surface area contributed by atoms with Gasteiger partial charge in [-0.2, -0.15) is 10.2 Å². The number of anilines is 1. The van der Waals surface area contributed by atoms with Crippen molar-refractivity contribution in [3.63, 3.8) is 0 Å². The molecular weight excluding hydrogens is 461 g/mol. The third-order valence-corrected chi connectivity index (χ3v) is 6.13. The molecule has 0 saturated carbocycles. The SMILES string of the molecule is Cc1nn(C)cc1-c1nc(N2CCN(C(=O)N3N=CC[C@H]3c3cc(F)cc(F)c3)CC2)ncc1F. The van der Waals surface area contributed by atoms with Crippen LogP contribution in [0.25, 0.3) is 11.3 Å². The summed E-state index contributed by atoms with van der Waals surface area (Å²) in [5, 5.41) is 9.67. The molecule has 1 fully saturated rings. The molecule has 3 aromatic rings. The fourth-order valence-electron chi connectivity index (χ4n) is 4.42. The molecular formula is C23H23F3N8O. The molecule has 2 aliphatic rings. The average Bonchev–Trinajstić information content (AvgIpc) is 3.44. The molecule has 0 spiro atoms. The van der Waals surface area contributed by atoms with Crippen molar-refractivity contribution in [2.45, 2.75) is 19.4 Å². The average molecular weight is 484 g/mol. The Kier molecular flexibility index (Phi) is 5.87. The molecule has 182 valence electrons. The van der Waals surface area contributed by atoms with Crippen LogP contribution in [0.3, 0.4) is 0 Å². The van der Waals surface area contributed by atoms with Crippen LogP contribution in [0.4, 0.5) is 23.9 Å². The van der Waals surface area contributed by atoms with Gasteiger partial charge in [-0.25, -0.2) is 32.9 Å². The lowest BCUT2D eigenvalue weighted by Gasteiger charge is -2.37. The van der Waals surface area contributed by atoms with Gasteiger partial charge in [-0.15, -0.1) is 0 Å². The summed E-state index contributed by atoms with van der Waals surface area (Å²) in [4.78, 5) is 25.2. The first kappa shape index (κ1) is 22.8. The van der Waals surface area contributed by atoms with Crippen LogP contribution in [0.1, 0.15) is 23.7 Å². The van der Waals surface area contributed by atoms with Crippen LogP contribution >= 0.6 is 0 Å². The van der Waals surface area contributed by atoms with Crippen LogP contribution in [0.2, 0.25) is 0 Å². The third-order valence-electron chi connectivity index (χ3n) is 6.13. The second kappa shape index (κ2) is 9.01. The minimum Gasteiger partial charge on any atom is -0.337 e. The molecule has 2 aliphatic heterocycles. The molecule has 2 amide bonds. The Morgan fingerprint density at radius 1 is 1.06 bits per heavy atom. The highest BCUT2D eigenvalue weighted by Crippen LogP contribution is 2.31. The van der Waals surface area contributed by atoms with E-state index in [1.807, 2.05) is 4.90 Å². The van der Waals surface area contributed by atoms with Crippen LogP contribution in [-0.2, 0) is 7.05 Å². The Morgan fingerprint density at radius 3 is 2.43 bits per heavy atom. The molecule has 0 N–H and O–H groups in total. The molecule has 5 rings (SSSR count). The first-order valence-corrected chi connectivity index (χ1v) is 11.1. The van der Waals surface area contributed by atoms with E-state index in [0.29, 0.717) is 55.4 Å². The minimum absolute atomic E-state index is 0.177. The third kappa shape index (κ3) is 4.43. The Bertz CT molecular complexity index is 1280. The number of hydrogen-bond donors (Lipinski definition) is 0. The van der Waals surface area contributed by atoms with Gasteiger partial charge in [0.25, 0.3) is 0 Å². The predicted molar refractivity (Wildman–Crippen MR) is 122 cm³/mol. The fourth-order valence-corrected chi connectivity index (χ4v) is 4.42. The van der Waals surface area contributed by atoms with Crippen LogP contribution in [0.15, 0.2) is 35.7 Å². The number of halogens is 3. The van der Waals surface area contributed by atoms with E-state index in [1.54, 1.807) is 36.0 Å². The van der Waals surface area contributed by atoms with Crippen molar-refractivity contribution in [3.05, 3.63) is 59.3 Å². The Balaban J connectivity index is 1.28. The topological polar surface area (TPSA) is 82.8 Å². The lowest BCUT2D eigenvalue weighted by molar-refractivity contribution is 0.139. The first-order chi connectivity index (χ1) is 16.8. The maximum absolute atomic E-state index is 14.5. The van der Waals surface area contributed by atoms with Gasteiger partial charge in [-0.3, -0.25) is 4.68 Å². The summed E-state index contributed by atoms with van der Waals surface area (Å²) in [6, 6.07) is 2.31. The largest absolute Gasteiger partial charge is 0.341 e. The second-order valence-corrected chi connectivity index (χ2v) is 8.52. The van der Waals surface area contributed by atoms with Gasteiger partial charge in [0.05, 0.1) is 17.9 Å². The van der Waals surface area contributed by atoms with Gasteiger partial charge >= 0.3 is 6.03 Å². The molecule has 1 saturated heterocycles. The molecule has 4 heterocycles. The van der Waals surface area contributed by atoms with E-state index in [4.69, 9.17) is 0 Å². The Hall–Kier alpha value is -3.96. The second-order valence-electron chi connectivity index (χ2n) is 8.52. The van der Waals surface area contributed by atoms with E-state index < -0.39 is 23.5 Å². The molecule has 0 unspecified atom stereocenters. The van der Waals surface area contributed by atoms with Gasteiger partial charge < -0.3 is 9.80 Å². The highest BCUT2D eigenvalue weighted by atomic mass is 19.1. The van der Waals surface area contributed by atoms with E-state index in [2.05, 4.69) is 20.2 Å². The zero-order valence-corrected chi connectivity index (χ0v) is 19.2. The molecule has 0 radical (unpaired) electrons. The van der Waals surface area contributed by atoms with Crippen LogP contribution in [0.5, 0.6) is 0 Å². The number of carbonyl (C=O) groups excluding carboxylic acids is 1. The number of carbonyl (C=O) groups is 1. The molecule has 2 aromatic heterocycles. The highest BCUT2D eigenvalue weighted by Gasteiger charge is 2.34. The zero-order chi connectivity index (χ0) is 24.7. The van der Waals surface area contributed by atoms with E-state index in [-0.39, 0.29) is 11.7 Å². The van der Waals surface area contributed by atoms with Gasteiger partial charge in [0.1, 0.15) is 17.3 Å². The van der Waals surface area contributed by atoms with Crippen molar-refractivity contribution in [2.75, 3.05) is 31.1 Å². The molecule has 0 bridgehead atoms. The lowest BCUT2D eigenvalue weighted by atomic mass is 10.0. The highest BCUT2D eigenvalue weighted by molar-refractivity contribution is 5.78. The summed E-state index contributed by atoms with van der Waals surface area (Å²) in [7, 11) is 1.76. The van der Waals surface area contributed by atoms with Crippen LogP contribution in [0, 0.1) is 24.4 Å². The number of amides is 2. The number of urea groups is 1. The normalized spacial score (nSPS) is 18.0. The van der Waals surface area contributed by atoms with Gasteiger partial charge in [0, 0.05) is 63.7 Å². The quantitative estimate of drug-likeness (QED) is 0.570. The summed E-state index contributed by atoms with van der Waals surface area (Å²) in [6.07, 6.45) is 4.78. The number of hydrogen-bond acceptors (Lipinski definition) is 6.